The zero-order chi connectivity index (χ0) is 49.3. The van der Waals surface area contributed by atoms with Gasteiger partial charge in [-0.05, 0) is 82.9 Å². The molecule has 4 heterocycles. The van der Waals surface area contributed by atoms with E-state index in [1.54, 1.807) is 13.2 Å². The SMILES string of the molecule is COCCOCCOCCOCCN1c2cc3c(cc2C(C)=CC1(C)C)/C(=C/C=C/C1=[N+](CCCCCC(=O)ON2C(=O)CCC2=O)c2ccc(S(=O)(=O)O)cc2C1(C)C)C=C(c1ccccc1)O3. The molecule has 0 atom stereocenters. The van der Waals surface area contributed by atoms with Gasteiger partial charge in [0.15, 0.2) is 5.71 Å². The third-order valence-electron chi connectivity index (χ3n) is 12.7. The summed E-state index contributed by atoms with van der Waals surface area (Å²) in [6.07, 6.45) is 12.3. The molecule has 3 aromatic rings. The number of ether oxygens (including phenoxy) is 5. The Kier molecular flexibility index (Phi) is 16.5. The second kappa shape index (κ2) is 22.3. The Labute approximate surface area is 405 Å². The van der Waals surface area contributed by atoms with Gasteiger partial charge in [-0.2, -0.15) is 13.0 Å². The highest BCUT2D eigenvalue weighted by Gasteiger charge is 2.45. The predicted octanol–water partition coefficient (Wildman–Crippen LogP) is 8.25. The summed E-state index contributed by atoms with van der Waals surface area (Å²) in [7, 11) is -2.82. The van der Waals surface area contributed by atoms with Crippen molar-refractivity contribution in [1.29, 1.82) is 0 Å². The Bertz CT molecular complexity index is 2670. The van der Waals surface area contributed by atoms with Crippen molar-refractivity contribution in [3.05, 3.63) is 113 Å². The normalized spacial score (nSPS) is 17.8. The first-order chi connectivity index (χ1) is 33.0. The van der Waals surface area contributed by atoms with Crippen molar-refractivity contribution < 1.29 is 60.5 Å². The second-order valence-electron chi connectivity index (χ2n) is 18.5. The average molecular weight is 967 g/mol. The van der Waals surface area contributed by atoms with Gasteiger partial charge in [0.05, 0.1) is 62.1 Å². The summed E-state index contributed by atoms with van der Waals surface area (Å²) in [4.78, 5) is 43.5. The van der Waals surface area contributed by atoms with Gasteiger partial charge in [0.1, 0.15) is 18.1 Å². The molecule has 0 saturated carbocycles. The van der Waals surface area contributed by atoms with Crippen molar-refractivity contribution in [2.75, 3.05) is 71.3 Å². The largest absolute Gasteiger partial charge is 0.456 e. The summed E-state index contributed by atoms with van der Waals surface area (Å²) in [5.41, 5.74) is 7.57. The van der Waals surface area contributed by atoms with E-state index < -0.39 is 33.3 Å². The lowest BCUT2D eigenvalue weighted by Gasteiger charge is -2.44. The Morgan fingerprint density at radius 3 is 2.22 bits per heavy atom. The van der Waals surface area contributed by atoms with Gasteiger partial charge in [0, 0.05) is 85.5 Å². The van der Waals surface area contributed by atoms with Crippen LogP contribution in [0.2, 0.25) is 0 Å². The Morgan fingerprint density at radius 1 is 0.855 bits per heavy atom. The molecule has 16 heteroatoms. The standard InChI is InChI=1S/C53H63N3O12S/c1-37-36-52(2,3)55(24-25-64-28-29-66-31-30-65-27-26-63-6)45-35-47-42(34-41(37)45)39(32-46(67-47)38-14-9-7-10-15-38)16-13-17-48-53(4,5)43-33-40(69(60,61)62)19-20-44(43)54(48)23-12-8-11-18-51(59)68-56-49(57)21-22-50(56)58/h7,9-10,13-17,19-20,32-36H,8,11-12,18,21-31H2,1-6H3/p+1. The number of hydrogen-bond acceptors (Lipinski definition) is 12. The molecule has 7 rings (SSSR count). The number of amides is 2. The number of unbranched alkanes of at least 4 members (excludes halogenated alkanes) is 2. The fraction of sp³-hybridized carbons (Fsp3) is 0.434. The molecule has 0 spiro atoms. The molecule has 0 unspecified atom stereocenters. The molecule has 1 N–H and O–H groups in total. The molecule has 1 saturated heterocycles. The highest BCUT2D eigenvalue weighted by Crippen LogP contribution is 2.47. The number of anilines is 1. The van der Waals surface area contributed by atoms with E-state index >= 15 is 0 Å². The van der Waals surface area contributed by atoms with Crippen LogP contribution in [0.4, 0.5) is 11.4 Å². The number of imide groups is 1. The van der Waals surface area contributed by atoms with Crippen LogP contribution in [-0.4, -0.2) is 118 Å². The number of fused-ring (bicyclic) bond motifs is 3. The Balaban J connectivity index is 1.14. The molecule has 1 fully saturated rings. The minimum atomic E-state index is -4.47. The van der Waals surface area contributed by atoms with Crippen molar-refractivity contribution in [2.45, 2.75) is 89.0 Å². The van der Waals surface area contributed by atoms with Crippen LogP contribution in [0.25, 0.3) is 16.9 Å². The van der Waals surface area contributed by atoms with Crippen molar-refractivity contribution in [3.8, 4) is 5.75 Å². The number of hydroxylamine groups is 2. The van der Waals surface area contributed by atoms with Crippen molar-refractivity contribution in [1.82, 2.24) is 5.06 Å². The van der Waals surface area contributed by atoms with E-state index in [1.807, 2.05) is 56.3 Å². The summed E-state index contributed by atoms with van der Waals surface area (Å²) in [6, 6.07) is 19.0. The molecule has 4 aliphatic rings. The monoisotopic (exact) mass is 966 g/mol. The summed E-state index contributed by atoms with van der Waals surface area (Å²) in [6.45, 7) is 15.3. The van der Waals surface area contributed by atoms with Gasteiger partial charge in [-0.1, -0.05) is 48.6 Å². The van der Waals surface area contributed by atoms with Gasteiger partial charge in [-0.3, -0.25) is 14.1 Å². The molecule has 0 aromatic heterocycles. The van der Waals surface area contributed by atoms with Crippen LogP contribution < -0.4 is 9.64 Å². The fourth-order valence-corrected chi connectivity index (χ4v) is 9.74. The van der Waals surface area contributed by atoms with E-state index in [0.29, 0.717) is 89.4 Å². The lowest BCUT2D eigenvalue weighted by atomic mass is 9.81. The Hall–Kier alpha value is -5.75. The summed E-state index contributed by atoms with van der Waals surface area (Å²) >= 11 is 0. The van der Waals surface area contributed by atoms with E-state index in [-0.39, 0.29) is 29.7 Å². The highest BCUT2D eigenvalue weighted by molar-refractivity contribution is 7.85. The molecule has 0 radical (unpaired) electrons. The fourth-order valence-electron chi connectivity index (χ4n) is 9.23. The maximum atomic E-state index is 12.5. The number of carbonyl (C=O) groups excluding carboxylic acids is 3. The minimum absolute atomic E-state index is 0.0305. The third-order valence-corrected chi connectivity index (χ3v) is 13.6. The van der Waals surface area contributed by atoms with Gasteiger partial charge in [-0.15, -0.1) is 5.06 Å². The first-order valence-corrected chi connectivity index (χ1v) is 25.0. The molecule has 15 nitrogen and oxygen atoms in total. The lowest BCUT2D eigenvalue weighted by molar-refractivity contribution is -0.438. The lowest BCUT2D eigenvalue weighted by Crippen LogP contribution is -2.46. The smallest absolute Gasteiger partial charge is 0.333 e. The third kappa shape index (κ3) is 12.2. The van der Waals surface area contributed by atoms with Gasteiger partial charge in [0.25, 0.3) is 21.9 Å². The molecule has 2 amide bonds. The number of rotatable bonds is 23. The van der Waals surface area contributed by atoms with Crippen LogP contribution in [0, 0.1) is 0 Å². The van der Waals surface area contributed by atoms with Crippen molar-refractivity contribution in [2.24, 2.45) is 0 Å². The number of hydrogen-bond donors (Lipinski definition) is 1. The van der Waals surface area contributed by atoms with Crippen LogP contribution in [-0.2, 0) is 53.7 Å². The molecule has 69 heavy (non-hydrogen) atoms. The Morgan fingerprint density at radius 2 is 1.54 bits per heavy atom. The number of nitrogens with zero attached hydrogens (tertiary/aromatic N) is 3. The van der Waals surface area contributed by atoms with Crippen LogP contribution in [0.5, 0.6) is 5.75 Å². The van der Waals surface area contributed by atoms with E-state index in [9.17, 15) is 27.4 Å². The van der Waals surface area contributed by atoms with Crippen LogP contribution in [0.3, 0.4) is 0 Å². The first-order valence-electron chi connectivity index (χ1n) is 23.5. The molecular formula is C53H64N3O12S+. The predicted molar refractivity (Wildman–Crippen MR) is 263 cm³/mol. The highest BCUT2D eigenvalue weighted by atomic mass is 32.2. The topological polar surface area (TPSA) is 170 Å². The van der Waals surface area contributed by atoms with Gasteiger partial charge < -0.3 is 33.4 Å². The number of benzene rings is 3. The minimum Gasteiger partial charge on any atom is -0.456 e. The van der Waals surface area contributed by atoms with Gasteiger partial charge in [0.2, 0.25) is 5.69 Å². The van der Waals surface area contributed by atoms with Crippen molar-refractivity contribution >= 4 is 61.9 Å². The molecule has 0 aliphatic carbocycles. The second-order valence-corrected chi connectivity index (χ2v) is 19.9. The molecular weight excluding hydrogens is 903 g/mol. The number of allylic oxidation sites excluding steroid dienone is 6. The van der Waals surface area contributed by atoms with E-state index in [2.05, 4.69) is 60.6 Å². The van der Waals surface area contributed by atoms with E-state index in [0.717, 1.165) is 56.2 Å². The molecule has 0 bridgehead atoms. The zero-order valence-electron chi connectivity index (χ0n) is 40.5. The first kappa shape index (κ1) is 51.1. The van der Waals surface area contributed by atoms with Crippen LogP contribution in [0.15, 0.2) is 95.9 Å². The van der Waals surface area contributed by atoms with Gasteiger partial charge in [-0.25, -0.2) is 4.79 Å². The molecule has 3 aromatic carbocycles. The summed E-state index contributed by atoms with van der Waals surface area (Å²) in [5.74, 6) is -0.256. The van der Waals surface area contributed by atoms with Crippen molar-refractivity contribution in [3.63, 3.8) is 0 Å². The molecule has 368 valence electrons. The van der Waals surface area contributed by atoms with E-state index in [1.165, 1.54) is 12.1 Å². The number of carbonyl (C=O) groups is 3. The zero-order valence-corrected chi connectivity index (χ0v) is 41.3. The maximum Gasteiger partial charge on any atom is 0.333 e. The van der Waals surface area contributed by atoms with Crippen LogP contribution >= 0.6 is 0 Å². The summed E-state index contributed by atoms with van der Waals surface area (Å²) in [5, 5.41) is 0.565. The van der Waals surface area contributed by atoms with Gasteiger partial charge >= 0.3 is 5.97 Å². The quantitative estimate of drug-likeness (QED) is 0.0418. The summed E-state index contributed by atoms with van der Waals surface area (Å²) < 4.78 is 65.7. The number of methoxy groups -OCH3 is 1. The van der Waals surface area contributed by atoms with Crippen LogP contribution in [0.1, 0.15) is 95.4 Å². The molecule has 4 aliphatic heterocycles. The maximum absolute atomic E-state index is 12.5. The van der Waals surface area contributed by atoms with E-state index in [4.69, 9.17) is 28.5 Å². The average Bonchev–Trinajstić information content (AvgIpc) is 3.73.